The minimum Gasteiger partial charge on any atom is -0.371 e. The van der Waals surface area contributed by atoms with E-state index >= 15 is 0 Å². The molecule has 1 fully saturated rings. The first-order chi connectivity index (χ1) is 15.9. The molecule has 33 heavy (non-hydrogen) atoms. The maximum Gasteiger partial charge on any atom is 0.156 e. The predicted octanol–water partition coefficient (Wildman–Crippen LogP) is 4.85. The van der Waals surface area contributed by atoms with Gasteiger partial charge in [0.2, 0.25) is 0 Å². The molecular weight excluding hydrogens is 404 g/mol. The molecule has 1 saturated heterocycles. The van der Waals surface area contributed by atoms with Crippen LogP contribution >= 0.6 is 0 Å². The molecule has 3 atom stereocenters. The number of allylic oxidation sites excluding steroid dienone is 1. The second kappa shape index (κ2) is 8.37. The number of pyridine rings is 1. The monoisotopic (exact) mass is 438 g/mol. The number of imidazole rings is 1. The molecule has 1 aliphatic carbocycles. The normalized spacial score (nSPS) is 22.0. The number of likely N-dealkylation sites (tertiary alicyclic amines) is 1. The van der Waals surface area contributed by atoms with Crippen LogP contribution in [0.5, 0.6) is 0 Å². The SMILES string of the molecule is CC1=CC(N2CCC(C(C)C(C)C)C2)=c2cc(C#N)c3nc4ccccc4n3c2=CCC1C. The van der Waals surface area contributed by atoms with Gasteiger partial charge >= 0.3 is 0 Å². The Morgan fingerprint density at radius 3 is 2.73 bits per heavy atom. The van der Waals surface area contributed by atoms with Crippen molar-refractivity contribution in [2.45, 2.75) is 47.5 Å². The summed E-state index contributed by atoms with van der Waals surface area (Å²) in [5.41, 5.74) is 6.07. The van der Waals surface area contributed by atoms with Gasteiger partial charge in [-0.25, -0.2) is 4.98 Å². The molecule has 0 radical (unpaired) electrons. The van der Waals surface area contributed by atoms with Crippen LogP contribution in [0.25, 0.3) is 28.5 Å². The van der Waals surface area contributed by atoms with Gasteiger partial charge in [0, 0.05) is 24.0 Å². The van der Waals surface area contributed by atoms with Crippen molar-refractivity contribution in [1.82, 2.24) is 14.3 Å². The fourth-order valence-corrected chi connectivity index (χ4v) is 5.49. The summed E-state index contributed by atoms with van der Waals surface area (Å²) in [4.78, 5) is 7.41. The van der Waals surface area contributed by atoms with Gasteiger partial charge < -0.3 is 4.90 Å². The molecule has 0 amide bonds. The zero-order valence-corrected chi connectivity index (χ0v) is 20.5. The summed E-state index contributed by atoms with van der Waals surface area (Å²) in [5, 5.41) is 12.4. The fraction of sp³-hybridized carbons (Fsp3) is 0.448. The molecule has 5 rings (SSSR count). The van der Waals surface area contributed by atoms with E-state index in [9.17, 15) is 5.26 Å². The number of para-hydroxylation sites is 2. The zero-order chi connectivity index (χ0) is 23.3. The highest BCUT2D eigenvalue weighted by molar-refractivity contribution is 5.82. The molecule has 4 nitrogen and oxygen atoms in total. The summed E-state index contributed by atoms with van der Waals surface area (Å²) in [7, 11) is 0. The van der Waals surface area contributed by atoms with Crippen molar-refractivity contribution in [2.75, 3.05) is 13.1 Å². The molecule has 3 aromatic rings. The van der Waals surface area contributed by atoms with Gasteiger partial charge in [-0.15, -0.1) is 0 Å². The van der Waals surface area contributed by atoms with Crippen molar-refractivity contribution < 1.29 is 0 Å². The number of fused-ring (bicyclic) bond motifs is 5. The number of hydrogen-bond acceptors (Lipinski definition) is 3. The highest BCUT2D eigenvalue weighted by Crippen LogP contribution is 2.32. The summed E-state index contributed by atoms with van der Waals surface area (Å²) in [5.74, 6) is 2.57. The van der Waals surface area contributed by atoms with Crippen molar-refractivity contribution >= 4 is 28.5 Å². The molecule has 1 aromatic carbocycles. The Bertz CT molecular complexity index is 1420. The van der Waals surface area contributed by atoms with Gasteiger partial charge in [0.25, 0.3) is 0 Å². The largest absolute Gasteiger partial charge is 0.371 e. The summed E-state index contributed by atoms with van der Waals surface area (Å²) in [6.07, 6.45) is 6.96. The molecule has 3 heterocycles. The van der Waals surface area contributed by atoms with Crippen molar-refractivity contribution in [2.24, 2.45) is 23.7 Å². The first-order valence-corrected chi connectivity index (χ1v) is 12.4. The maximum absolute atomic E-state index is 10.1. The Morgan fingerprint density at radius 2 is 1.97 bits per heavy atom. The Hall–Kier alpha value is -3.06. The molecule has 170 valence electrons. The first kappa shape index (κ1) is 21.8. The van der Waals surface area contributed by atoms with Crippen molar-refractivity contribution in [1.29, 1.82) is 5.26 Å². The van der Waals surface area contributed by atoms with Gasteiger partial charge in [-0.05, 0) is 67.7 Å². The van der Waals surface area contributed by atoms with Crippen molar-refractivity contribution in [3.05, 3.63) is 58.1 Å². The standard InChI is InChI=1S/C29H34N4/c1-18(2)21(5)22-12-13-32(17-22)28-14-20(4)19(3)10-11-26-24(28)15-23(16-30)29-31-25-8-6-7-9-27(25)33(26)29/h6-9,11,14-15,18-19,21-22H,10,12-13,17H2,1-5H3. The van der Waals surface area contributed by atoms with Crippen molar-refractivity contribution in [3.8, 4) is 6.07 Å². The van der Waals surface area contributed by atoms with E-state index in [0.717, 1.165) is 41.4 Å². The number of aromatic nitrogens is 2. The third-order valence-corrected chi connectivity index (χ3v) is 8.17. The highest BCUT2D eigenvalue weighted by Gasteiger charge is 2.30. The lowest BCUT2D eigenvalue weighted by Crippen LogP contribution is -2.39. The Balaban J connectivity index is 1.83. The fourth-order valence-electron chi connectivity index (χ4n) is 5.49. The van der Waals surface area contributed by atoms with Gasteiger partial charge in [-0.3, -0.25) is 4.40 Å². The molecular formula is C29H34N4. The van der Waals surface area contributed by atoms with Crippen LogP contribution in [0.4, 0.5) is 0 Å². The van der Waals surface area contributed by atoms with E-state index in [0.29, 0.717) is 29.2 Å². The molecule has 2 aromatic heterocycles. The molecule has 0 spiro atoms. The summed E-state index contributed by atoms with van der Waals surface area (Å²) in [6, 6.07) is 12.7. The van der Waals surface area contributed by atoms with E-state index < -0.39 is 0 Å². The molecule has 3 unspecified atom stereocenters. The summed E-state index contributed by atoms with van der Waals surface area (Å²) in [6.45, 7) is 13.8. The number of nitrogens with zero attached hydrogens (tertiary/aromatic N) is 4. The number of hydrogen-bond donors (Lipinski definition) is 0. The minimum atomic E-state index is 0.474. The molecule has 4 heteroatoms. The van der Waals surface area contributed by atoms with Crippen LogP contribution in [0, 0.1) is 35.0 Å². The minimum absolute atomic E-state index is 0.474. The second-order valence-electron chi connectivity index (χ2n) is 10.4. The van der Waals surface area contributed by atoms with Crippen LogP contribution < -0.4 is 10.6 Å². The third-order valence-electron chi connectivity index (χ3n) is 8.17. The van der Waals surface area contributed by atoms with E-state index in [4.69, 9.17) is 4.98 Å². The summed E-state index contributed by atoms with van der Waals surface area (Å²) >= 11 is 0. The quantitative estimate of drug-likeness (QED) is 0.587. The molecule has 0 bridgehead atoms. The Kier molecular flexibility index (Phi) is 5.52. The van der Waals surface area contributed by atoms with Gasteiger partial charge in [0.15, 0.2) is 5.65 Å². The van der Waals surface area contributed by atoms with E-state index in [1.165, 1.54) is 23.0 Å². The zero-order valence-electron chi connectivity index (χ0n) is 20.5. The topological polar surface area (TPSA) is 44.3 Å². The van der Waals surface area contributed by atoms with Crippen LogP contribution in [0.15, 0.2) is 42.0 Å². The van der Waals surface area contributed by atoms with E-state index in [1.807, 2.05) is 12.1 Å². The first-order valence-electron chi connectivity index (χ1n) is 12.4. The third kappa shape index (κ3) is 3.64. The summed E-state index contributed by atoms with van der Waals surface area (Å²) < 4.78 is 2.22. The van der Waals surface area contributed by atoms with Crippen LogP contribution in [0.2, 0.25) is 0 Å². The maximum atomic E-state index is 10.1. The Labute approximate surface area is 196 Å². The van der Waals surface area contributed by atoms with Gasteiger partial charge in [-0.1, -0.05) is 51.5 Å². The van der Waals surface area contributed by atoms with E-state index in [2.05, 4.69) is 80.3 Å². The number of benzene rings is 1. The van der Waals surface area contributed by atoms with Crippen molar-refractivity contribution in [3.63, 3.8) is 0 Å². The number of rotatable bonds is 3. The molecule has 0 N–H and O–H groups in total. The molecule has 1 aliphatic heterocycles. The van der Waals surface area contributed by atoms with Gasteiger partial charge in [0.05, 0.1) is 21.9 Å². The van der Waals surface area contributed by atoms with Crippen LogP contribution in [0.3, 0.4) is 0 Å². The average Bonchev–Trinajstić information content (AvgIpc) is 3.44. The molecule has 2 aliphatic rings. The highest BCUT2D eigenvalue weighted by atomic mass is 15.2. The predicted molar refractivity (Wildman–Crippen MR) is 136 cm³/mol. The van der Waals surface area contributed by atoms with Crippen LogP contribution in [-0.4, -0.2) is 27.4 Å². The smallest absolute Gasteiger partial charge is 0.156 e. The number of nitriles is 1. The van der Waals surface area contributed by atoms with E-state index in [1.54, 1.807) is 0 Å². The van der Waals surface area contributed by atoms with Crippen LogP contribution in [0.1, 0.15) is 53.0 Å². The average molecular weight is 439 g/mol. The lowest BCUT2D eigenvalue weighted by molar-refractivity contribution is 0.282. The lowest BCUT2D eigenvalue weighted by atomic mass is 9.84. The van der Waals surface area contributed by atoms with Gasteiger partial charge in [-0.2, -0.15) is 5.26 Å². The Morgan fingerprint density at radius 1 is 1.18 bits per heavy atom. The molecule has 0 saturated carbocycles. The second-order valence-corrected chi connectivity index (χ2v) is 10.4. The van der Waals surface area contributed by atoms with Crippen LogP contribution in [-0.2, 0) is 0 Å². The lowest BCUT2D eigenvalue weighted by Gasteiger charge is -2.26. The van der Waals surface area contributed by atoms with Gasteiger partial charge in [0.1, 0.15) is 6.07 Å². The van der Waals surface area contributed by atoms with E-state index in [-0.39, 0.29) is 0 Å².